The number of imidazole rings is 3. The van der Waals surface area contributed by atoms with Crippen LogP contribution in [0.15, 0.2) is 213 Å². The van der Waals surface area contributed by atoms with Crippen molar-refractivity contribution < 1.29 is 0 Å². The van der Waals surface area contributed by atoms with Gasteiger partial charge in [-0.15, -0.1) is 22.7 Å². The quantitative estimate of drug-likeness (QED) is 0.0682. The molecule has 0 bridgehead atoms. The highest BCUT2D eigenvalue weighted by molar-refractivity contribution is 7.98. The highest BCUT2D eigenvalue weighted by atomic mass is 32.2. The zero-order valence-electron chi connectivity index (χ0n) is 56.4. The van der Waals surface area contributed by atoms with Crippen LogP contribution in [0.25, 0.3) is 70.6 Å². The summed E-state index contributed by atoms with van der Waals surface area (Å²) >= 11 is 7.26. The van der Waals surface area contributed by atoms with E-state index in [1.165, 1.54) is 32.7 Å². The fraction of sp³-hybridized carbons (Fsp3) is 0.235. The third kappa shape index (κ3) is 24.2. The molecule has 9 N–H and O–H groups in total. The number of para-hydroxylation sites is 2. The topological polar surface area (TPSA) is 310 Å². The lowest BCUT2D eigenvalue weighted by Gasteiger charge is -1.86. The second-order valence-corrected chi connectivity index (χ2v) is 21.4. The van der Waals surface area contributed by atoms with Gasteiger partial charge in [0.05, 0.1) is 126 Å². The first kappa shape index (κ1) is 76.3. The molecule has 0 spiro atoms. The van der Waals surface area contributed by atoms with E-state index in [0.717, 1.165) is 83.4 Å². The summed E-state index contributed by atoms with van der Waals surface area (Å²) in [7, 11) is 0. The minimum atomic E-state index is 0.880. The number of benzene rings is 2. The molecule has 0 saturated heterocycles. The molecule has 2 aromatic carbocycles. The van der Waals surface area contributed by atoms with Crippen molar-refractivity contribution in [2.45, 2.75) is 106 Å². The Bertz CT molecular complexity index is 3830. The molecule has 2 aliphatic heterocycles. The first-order chi connectivity index (χ1) is 47.7. The lowest BCUT2D eigenvalue weighted by Crippen LogP contribution is -1.75. The molecular weight excluding hydrogens is 1280 g/mol. The van der Waals surface area contributed by atoms with Gasteiger partial charge in [0.15, 0.2) is 5.65 Å². The highest BCUT2D eigenvalue weighted by Crippen LogP contribution is 2.27. The second-order valence-electron chi connectivity index (χ2n) is 17.8. The Labute approximate surface area is 574 Å². The van der Waals surface area contributed by atoms with Crippen LogP contribution in [0.2, 0.25) is 0 Å². The molecule has 18 heterocycles. The number of fused-ring (bicyclic) bond motifs is 10. The lowest BCUT2D eigenvalue weighted by molar-refractivity contribution is 1.04. The molecule has 0 fully saturated rings. The molecule has 504 valence electrons. The van der Waals surface area contributed by atoms with Gasteiger partial charge >= 0.3 is 0 Å². The molecule has 96 heavy (non-hydrogen) atoms. The summed E-state index contributed by atoms with van der Waals surface area (Å²) < 4.78 is 5.94. The molecule has 0 atom stereocenters. The molecule has 18 aromatic rings. The normalized spacial score (nSPS) is 10.5. The van der Waals surface area contributed by atoms with E-state index in [-0.39, 0.29) is 0 Å². The third-order valence-corrected chi connectivity index (χ3v) is 15.8. The van der Waals surface area contributed by atoms with Gasteiger partial charge in [0.2, 0.25) is 0 Å². The highest BCUT2D eigenvalue weighted by Gasteiger charge is 2.12. The van der Waals surface area contributed by atoms with E-state index in [1.807, 2.05) is 284 Å². The number of rotatable bonds is 0. The molecule has 16 aromatic heterocycles. The predicted molar refractivity (Wildman–Crippen MR) is 401 cm³/mol. The van der Waals surface area contributed by atoms with Crippen molar-refractivity contribution in [3.63, 3.8) is 0 Å². The number of nitrogens with zero attached hydrogens (tertiary/aromatic N) is 15. The summed E-state index contributed by atoms with van der Waals surface area (Å²) in [5.41, 5.74) is 13.8. The number of hydrogen-bond acceptors (Lipinski definition) is 16. The number of thiazole rings is 1. The molecule has 0 aliphatic carbocycles. The maximum atomic E-state index is 3.96. The van der Waals surface area contributed by atoms with Gasteiger partial charge in [-0.3, -0.25) is 50.3 Å². The number of thioether (sulfide) groups is 2. The van der Waals surface area contributed by atoms with Crippen molar-refractivity contribution >= 4 is 117 Å². The van der Waals surface area contributed by atoms with Gasteiger partial charge in [-0.2, -0.15) is 69.4 Å². The Kier molecular flexibility index (Phi) is 36.4. The molecule has 2 aliphatic rings. The molecule has 28 heteroatoms. The van der Waals surface area contributed by atoms with Crippen LogP contribution in [0.5, 0.6) is 0 Å². The number of hydrogen-bond donors (Lipinski definition) is 9. The molecule has 0 amide bonds. The first-order valence-electron chi connectivity index (χ1n) is 31.7. The number of pyridine rings is 2. The molecule has 0 radical (unpaired) electrons. The van der Waals surface area contributed by atoms with Crippen LogP contribution in [-0.4, -0.2) is 120 Å². The van der Waals surface area contributed by atoms with Crippen molar-refractivity contribution in [2.24, 2.45) is 0 Å². The minimum absolute atomic E-state index is 0.880. The summed E-state index contributed by atoms with van der Waals surface area (Å²) in [5.74, 6) is 4.53. The van der Waals surface area contributed by atoms with E-state index in [9.17, 15) is 0 Å². The molecule has 20 rings (SSSR count). The Balaban J connectivity index is 0.000000190. The van der Waals surface area contributed by atoms with Gasteiger partial charge < -0.3 is 8.80 Å². The monoisotopic (exact) mass is 1370 g/mol. The summed E-state index contributed by atoms with van der Waals surface area (Å²) in [6.45, 7) is 24.0. The predicted octanol–water partition coefficient (Wildman–Crippen LogP) is 17.9. The van der Waals surface area contributed by atoms with Crippen molar-refractivity contribution in [3.8, 4) is 0 Å². The van der Waals surface area contributed by atoms with Gasteiger partial charge in [-0.05, 0) is 36.4 Å². The Morgan fingerprint density at radius 3 is 1.19 bits per heavy atom. The molecule has 0 unspecified atom stereocenters. The average molecular weight is 1370 g/mol. The van der Waals surface area contributed by atoms with E-state index in [2.05, 4.69) is 112 Å². The van der Waals surface area contributed by atoms with Crippen LogP contribution < -0.4 is 0 Å². The van der Waals surface area contributed by atoms with E-state index >= 15 is 0 Å². The number of nitrogens with one attached hydrogen (secondary N) is 9. The summed E-state index contributed by atoms with van der Waals surface area (Å²) in [5, 5.41) is 70.6. The number of aromatic amines is 9. The molecular formula is C68H88N24S4. The molecule has 0 saturated carbocycles. The van der Waals surface area contributed by atoms with Crippen molar-refractivity contribution in [2.75, 3.05) is 0 Å². The summed E-state index contributed by atoms with van der Waals surface area (Å²) in [4.78, 5) is 13.1. The van der Waals surface area contributed by atoms with Crippen molar-refractivity contribution in [3.05, 3.63) is 236 Å². The Morgan fingerprint density at radius 2 is 0.729 bits per heavy atom. The number of thiophene rings is 1. The van der Waals surface area contributed by atoms with Crippen LogP contribution in [0.1, 0.15) is 106 Å². The van der Waals surface area contributed by atoms with Crippen LogP contribution in [0.3, 0.4) is 0 Å². The zero-order chi connectivity index (χ0) is 68.8. The number of aromatic nitrogens is 24. The third-order valence-electron chi connectivity index (χ3n) is 12.2. The van der Waals surface area contributed by atoms with Gasteiger partial charge in [-0.1, -0.05) is 132 Å². The molecule has 24 nitrogen and oxygen atoms in total. The van der Waals surface area contributed by atoms with Gasteiger partial charge in [-0.25, -0.2) is 15.0 Å². The maximum absolute atomic E-state index is 3.96. The smallest absolute Gasteiger partial charge is 0.151 e. The minimum Gasteiger partial charge on any atom is -0.306 e. The second kappa shape index (κ2) is 45.8. The number of H-pyrrole nitrogens is 9. The van der Waals surface area contributed by atoms with Crippen LogP contribution in [-0.2, 0) is 23.0 Å². The van der Waals surface area contributed by atoms with Crippen molar-refractivity contribution in [1.29, 1.82) is 0 Å². The van der Waals surface area contributed by atoms with E-state index < -0.39 is 0 Å². The van der Waals surface area contributed by atoms with Crippen LogP contribution in [0, 0.1) is 0 Å². The SMILES string of the molecule is CC.CC.CC.CC.CC.CC.c1ccc2[nH]ncc2c1.c1ccc2[nH]ncc2c1.c1ccn2cncc2c1.c1ccn2cncc2c1.c1cn2cncc2s1.c1n[nH]c2[nH]ncc12.c1n[nH]c2c1CSC2.c1n[nH]c2c1CSC2.c1n[nH]c2cn[nH]c12.c1n[nH]c2cscc12. The van der Waals surface area contributed by atoms with E-state index in [0.29, 0.717) is 0 Å². The van der Waals surface area contributed by atoms with Gasteiger partial charge in [0.25, 0.3) is 0 Å². The fourth-order valence-electron chi connectivity index (χ4n) is 7.83. The van der Waals surface area contributed by atoms with Crippen LogP contribution >= 0.6 is 46.2 Å². The van der Waals surface area contributed by atoms with E-state index in [1.54, 1.807) is 66.4 Å². The standard InChI is InChI=1S/4C7H6N2.2C5H6N2S.2C5H4N2S.2C4H4N4.6C2H6/c2*1-2-4-9-6-8-5-7(9)3-1;2*1-2-4-7-6(3-1)5-8-9-7;3*1-4-2-8-3-5(4)7-6-1;1-2-8-5-3-6-4-7(1)5;1-3-4(8-5-1)2-6-7-3;1-3-2-6-8-4(3)7-5-1;6*1-2/h2*1-6H;2*1-5H,(H,8,9);2*1H,2-3H2,(H,6,7);1-3,7H;1-4H;1-2H,(H,5,8)(H,6,7);1-2H,(H2,5,6,7,8);6*1-2H3. The Morgan fingerprint density at radius 1 is 0.323 bits per heavy atom. The van der Waals surface area contributed by atoms with Gasteiger partial charge in [0.1, 0.15) is 15.9 Å². The Hall–Kier alpha value is -10.4. The fourth-order valence-corrected chi connectivity index (χ4v) is 11.3. The maximum Gasteiger partial charge on any atom is 0.151 e. The van der Waals surface area contributed by atoms with Crippen LogP contribution in [0.4, 0.5) is 0 Å². The van der Waals surface area contributed by atoms with Crippen molar-refractivity contribution in [1.82, 2.24) is 120 Å². The lowest BCUT2D eigenvalue weighted by atomic mass is 10.3. The average Bonchev–Trinajstić information content (AvgIpc) is 2.26. The zero-order valence-corrected chi connectivity index (χ0v) is 59.6. The summed E-state index contributed by atoms with van der Waals surface area (Å²) in [6.07, 6.45) is 32.9. The first-order valence-corrected chi connectivity index (χ1v) is 35.8. The van der Waals surface area contributed by atoms with E-state index in [4.69, 9.17) is 0 Å². The largest absolute Gasteiger partial charge is 0.306 e. The van der Waals surface area contributed by atoms with Gasteiger partial charge in [0, 0.05) is 96.4 Å². The summed E-state index contributed by atoms with van der Waals surface area (Å²) in [6, 6.07) is 28.0.